The van der Waals surface area contributed by atoms with Gasteiger partial charge in [-0.25, -0.2) is 4.99 Å². The van der Waals surface area contributed by atoms with Gasteiger partial charge in [-0.2, -0.15) is 0 Å². The Bertz CT molecular complexity index is 775. The third kappa shape index (κ3) is 2.01. The van der Waals surface area contributed by atoms with Crippen LogP contribution in [-0.2, 0) is 17.6 Å². The minimum absolute atomic E-state index is 0.170. The Hall–Kier alpha value is -1.68. The van der Waals surface area contributed by atoms with E-state index in [1.54, 1.807) is 6.20 Å². The van der Waals surface area contributed by atoms with Crippen LogP contribution in [-0.4, -0.2) is 27.5 Å². The normalized spacial score (nSPS) is 26.3. The molecule has 0 saturated heterocycles. The van der Waals surface area contributed by atoms with Gasteiger partial charge in [-0.3, -0.25) is 14.7 Å². The van der Waals surface area contributed by atoms with E-state index in [0.717, 1.165) is 29.9 Å². The molecule has 4 nitrogen and oxygen atoms in total. The highest BCUT2D eigenvalue weighted by atomic mass is 35.5. The number of carbonyl (C=O) groups excluding carboxylic acids is 1. The van der Waals surface area contributed by atoms with Gasteiger partial charge < -0.3 is 0 Å². The second-order valence-electron chi connectivity index (χ2n) is 7.66. The van der Waals surface area contributed by atoms with Gasteiger partial charge in [0.15, 0.2) is 0 Å². The van der Waals surface area contributed by atoms with E-state index >= 15 is 0 Å². The number of amides is 1. The molecule has 4 rings (SSSR count). The fourth-order valence-electron chi connectivity index (χ4n) is 4.12. The van der Waals surface area contributed by atoms with Crippen LogP contribution in [0, 0.1) is 5.41 Å². The van der Waals surface area contributed by atoms with Gasteiger partial charge in [0.05, 0.1) is 10.4 Å². The van der Waals surface area contributed by atoms with Crippen LogP contribution in [0.5, 0.6) is 0 Å². The molecule has 1 aromatic heterocycles. The number of nitrogens with zero attached hydrogens (tertiary/aromatic N) is 3. The number of aromatic nitrogens is 1. The van der Waals surface area contributed by atoms with E-state index in [9.17, 15) is 4.79 Å². The molecule has 0 bridgehead atoms. The van der Waals surface area contributed by atoms with Gasteiger partial charge in [-0.1, -0.05) is 11.6 Å². The van der Waals surface area contributed by atoms with Gasteiger partial charge in [0.25, 0.3) is 0 Å². The van der Waals surface area contributed by atoms with Crippen LogP contribution < -0.4 is 0 Å². The van der Waals surface area contributed by atoms with Crippen molar-refractivity contribution in [2.24, 2.45) is 10.4 Å². The number of fused-ring (bicyclic) bond motifs is 2. The van der Waals surface area contributed by atoms with E-state index in [1.807, 2.05) is 17.2 Å². The lowest BCUT2D eigenvalue weighted by molar-refractivity contribution is -0.139. The van der Waals surface area contributed by atoms with Crippen molar-refractivity contribution in [3.63, 3.8) is 0 Å². The first-order chi connectivity index (χ1) is 10.8. The molecule has 0 aromatic carbocycles. The highest BCUT2D eigenvalue weighted by Crippen LogP contribution is 2.53. The Morgan fingerprint density at radius 1 is 1.30 bits per heavy atom. The summed E-state index contributed by atoms with van der Waals surface area (Å²) < 4.78 is 0. The summed E-state index contributed by atoms with van der Waals surface area (Å²) in [7, 11) is 0. The van der Waals surface area contributed by atoms with E-state index in [4.69, 9.17) is 11.6 Å². The number of pyridine rings is 1. The molecule has 1 atom stereocenters. The molecule has 3 heterocycles. The van der Waals surface area contributed by atoms with Crippen molar-refractivity contribution in [3.8, 4) is 0 Å². The van der Waals surface area contributed by atoms with E-state index in [0.29, 0.717) is 17.9 Å². The zero-order chi connectivity index (χ0) is 16.4. The quantitative estimate of drug-likeness (QED) is 0.731. The first kappa shape index (κ1) is 14.9. The van der Waals surface area contributed by atoms with Crippen molar-refractivity contribution in [1.82, 2.24) is 9.88 Å². The summed E-state index contributed by atoms with van der Waals surface area (Å²) in [6.45, 7) is 6.20. The Morgan fingerprint density at radius 2 is 2.09 bits per heavy atom. The number of halogens is 1. The SMILES string of the molecule is CC(C)(C)N1C(=O)[C@]2(Cc3cc(Cl)cnc3C2)C2=C1N=CCC2. The van der Waals surface area contributed by atoms with Crippen LogP contribution in [0.1, 0.15) is 44.9 Å². The molecule has 1 amide bonds. The monoisotopic (exact) mass is 329 g/mol. The number of carbonyl (C=O) groups is 1. The zero-order valence-electron chi connectivity index (χ0n) is 13.7. The average molecular weight is 330 g/mol. The number of rotatable bonds is 0. The first-order valence-corrected chi connectivity index (χ1v) is 8.45. The highest BCUT2D eigenvalue weighted by molar-refractivity contribution is 6.30. The maximum atomic E-state index is 13.4. The molecule has 0 N–H and O–H groups in total. The number of aliphatic imine (C=N–C) groups is 1. The zero-order valence-corrected chi connectivity index (χ0v) is 14.4. The van der Waals surface area contributed by atoms with Crippen molar-refractivity contribution in [1.29, 1.82) is 0 Å². The lowest BCUT2D eigenvalue weighted by atomic mass is 9.76. The van der Waals surface area contributed by atoms with Crippen molar-refractivity contribution in [2.45, 2.75) is 52.0 Å². The van der Waals surface area contributed by atoms with Crippen LogP contribution in [0.3, 0.4) is 0 Å². The molecule has 3 aliphatic rings. The molecule has 1 aromatic rings. The number of hydrogen-bond donors (Lipinski definition) is 0. The maximum absolute atomic E-state index is 13.4. The second-order valence-corrected chi connectivity index (χ2v) is 8.10. The minimum atomic E-state index is -0.500. The summed E-state index contributed by atoms with van der Waals surface area (Å²) in [6.07, 6.45) is 6.76. The Balaban J connectivity index is 1.86. The summed E-state index contributed by atoms with van der Waals surface area (Å²) in [6, 6.07) is 1.96. The lowest BCUT2D eigenvalue weighted by Gasteiger charge is -2.34. The largest absolute Gasteiger partial charge is 0.291 e. The van der Waals surface area contributed by atoms with Gasteiger partial charge in [-0.15, -0.1) is 0 Å². The molecule has 1 spiro atoms. The summed E-state index contributed by atoms with van der Waals surface area (Å²) in [5.74, 6) is 1.04. The third-order valence-corrected chi connectivity index (χ3v) is 5.27. The Morgan fingerprint density at radius 3 is 2.83 bits per heavy atom. The van der Waals surface area contributed by atoms with Crippen LogP contribution in [0.4, 0.5) is 0 Å². The van der Waals surface area contributed by atoms with E-state index < -0.39 is 5.41 Å². The molecule has 23 heavy (non-hydrogen) atoms. The van der Waals surface area contributed by atoms with Crippen LogP contribution in [0.15, 0.2) is 28.6 Å². The summed E-state index contributed by atoms with van der Waals surface area (Å²) in [5, 5.41) is 0.634. The van der Waals surface area contributed by atoms with Crippen LogP contribution >= 0.6 is 11.6 Å². The smallest absolute Gasteiger partial charge is 0.239 e. The third-order valence-electron chi connectivity index (χ3n) is 5.07. The lowest BCUT2D eigenvalue weighted by Crippen LogP contribution is -2.47. The summed E-state index contributed by atoms with van der Waals surface area (Å²) >= 11 is 6.10. The molecule has 0 saturated carbocycles. The molecule has 0 fully saturated rings. The van der Waals surface area contributed by atoms with Crippen molar-refractivity contribution in [2.75, 3.05) is 0 Å². The standard InChI is InChI=1S/C18H20ClN3O/c1-17(2,3)22-15-13(5-4-6-20-15)18(16(22)23)8-11-7-12(19)10-21-14(11)9-18/h6-7,10H,4-5,8-9H2,1-3H3/t18-/m0/s1. The van der Waals surface area contributed by atoms with Crippen molar-refractivity contribution in [3.05, 3.63) is 39.9 Å². The molecule has 0 radical (unpaired) electrons. The summed E-state index contributed by atoms with van der Waals surface area (Å²) in [5.41, 5.74) is 2.51. The van der Waals surface area contributed by atoms with Crippen LogP contribution in [0.2, 0.25) is 5.02 Å². The molecular weight excluding hydrogens is 310 g/mol. The fraction of sp³-hybridized carbons (Fsp3) is 0.500. The Kier molecular flexibility index (Phi) is 3.02. The molecule has 0 unspecified atom stereocenters. The van der Waals surface area contributed by atoms with Crippen LogP contribution in [0.25, 0.3) is 0 Å². The molecule has 2 aliphatic heterocycles. The van der Waals surface area contributed by atoms with Gasteiger partial charge in [0, 0.05) is 30.1 Å². The fourth-order valence-corrected chi connectivity index (χ4v) is 4.30. The first-order valence-electron chi connectivity index (χ1n) is 8.07. The highest BCUT2D eigenvalue weighted by Gasteiger charge is 2.57. The second kappa shape index (κ2) is 4.67. The number of hydrogen-bond acceptors (Lipinski definition) is 3. The predicted octanol–water partition coefficient (Wildman–Crippen LogP) is 3.54. The minimum Gasteiger partial charge on any atom is -0.291 e. The van der Waals surface area contributed by atoms with Crippen molar-refractivity contribution < 1.29 is 4.79 Å². The molecular formula is C18H20ClN3O. The molecule has 1 aliphatic carbocycles. The maximum Gasteiger partial charge on any atom is 0.239 e. The van der Waals surface area contributed by atoms with Crippen molar-refractivity contribution >= 4 is 23.7 Å². The summed E-state index contributed by atoms with van der Waals surface area (Å²) in [4.78, 5) is 24.4. The van der Waals surface area contributed by atoms with Gasteiger partial charge in [-0.05, 0) is 57.2 Å². The Labute approximate surface area is 141 Å². The van der Waals surface area contributed by atoms with Gasteiger partial charge in [0.2, 0.25) is 5.91 Å². The predicted molar refractivity (Wildman–Crippen MR) is 90.4 cm³/mol. The molecule has 5 heteroatoms. The topological polar surface area (TPSA) is 45.6 Å². The van der Waals surface area contributed by atoms with E-state index in [-0.39, 0.29) is 11.4 Å². The van der Waals surface area contributed by atoms with E-state index in [2.05, 4.69) is 30.7 Å². The van der Waals surface area contributed by atoms with E-state index in [1.165, 1.54) is 5.57 Å². The molecule has 120 valence electrons. The van der Waals surface area contributed by atoms with Gasteiger partial charge in [0.1, 0.15) is 5.82 Å². The average Bonchev–Trinajstić information content (AvgIpc) is 2.96. The van der Waals surface area contributed by atoms with Gasteiger partial charge >= 0.3 is 0 Å².